The van der Waals surface area contributed by atoms with Crippen LogP contribution in [-0.4, -0.2) is 98.0 Å². The van der Waals surface area contributed by atoms with Gasteiger partial charge < -0.3 is 80.4 Å². The average Bonchev–Trinajstić information content (AvgIpc) is 0.780. The van der Waals surface area contributed by atoms with Crippen LogP contribution in [0, 0.1) is 12.8 Å². The number of amides is 6. The number of aryl methyl sites for hydroxylation is 2. The van der Waals surface area contributed by atoms with E-state index in [1.165, 1.54) is 159 Å². The Balaban J connectivity index is 0.000000212. The summed E-state index contributed by atoms with van der Waals surface area (Å²) in [6.45, 7) is 12.7. The minimum absolute atomic E-state index is 0.0250. The van der Waals surface area contributed by atoms with Gasteiger partial charge in [0, 0.05) is 84.8 Å². The van der Waals surface area contributed by atoms with Crippen LogP contribution in [0.1, 0.15) is 239 Å². The number of hydrogen-bond donors (Lipinski definition) is 9. The number of aromatic hydroxyl groups is 3. The molecule has 0 radical (unpaired) electrons. The highest BCUT2D eigenvalue weighted by molar-refractivity contribution is 7.91. The van der Waals surface area contributed by atoms with E-state index in [0.717, 1.165) is 117 Å². The zero-order valence-corrected chi connectivity index (χ0v) is 81.8. The van der Waals surface area contributed by atoms with Crippen molar-refractivity contribution < 1.29 is 85.7 Å². The summed E-state index contributed by atoms with van der Waals surface area (Å²) >= 11 is 6.37. The first-order chi connectivity index (χ1) is 65.6. The lowest BCUT2D eigenvalue weighted by Gasteiger charge is -2.30. The monoisotopic (exact) mass is 1890 g/mol. The van der Waals surface area contributed by atoms with Gasteiger partial charge in [-0.05, 0) is 159 Å². The summed E-state index contributed by atoms with van der Waals surface area (Å²) in [7, 11) is -0.324. The van der Waals surface area contributed by atoms with E-state index in [4.69, 9.17) is 44.8 Å². The molecule has 12 rings (SSSR count). The third kappa shape index (κ3) is 32.5. The van der Waals surface area contributed by atoms with E-state index in [1.54, 1.807) is 99.1 Å². The number of hydrogen-bond acceptors (Lipinski definition) is 18. The maximum atomic E-state index is 14.1. The fraction of sp³-hybridized carbons (Fsp3) is 0.400. The number of carbonyl (C=O) groups excluding carboxylic acids is 6. The standard InChI is InChI=1S/C43H56N2O6.C34H36N2O6.C33H43ClN2O6S/c1-5-7-9-11-13-15-18-32-22-27-36-33(28-32)19-17-21-40(36)51-41(20-16-14-12-10-8-6-2)43(48)45-38-29-39(47)37(44-31(3)46)30-42(38)50-35-25-23-34(49-4)24-26-35;1-21-9-7-13-27-26(21)12-8-14-31(27)42-33(23-10-5-4-6-11-23)34(39)36-29-19-30(38)28(35-22(2)37)20-32(29)41-25-17-15-24(40-3)16-18-25;1-4-5-6-7-8-9-10-11-12-13-18-31(33(39)36-27-22-29(38)28(21-26(27)34)35-23(2)37)42-30-19-14-17-25-24(30)16-15-20-32(25)43(3,40)41/h17,19,21-30,41,47H,5-16,18,20H2,1-4H3,(H,44,46)(H,45,48);7-9,12-20,23,33,38H,4-6,10-11H2,1-3H3,(H,35,37)(H,36,39);14-17,19-22,31,38H,4-13,18H2,1-3H3,(H,35,37)(H,36,39). The summed E-state index contributed by atoms with van der Waals surface area (Å²) in [5, 5.41) is 53.6. The number of phenolic OH excluding ortho intramolecular Hbond substituents is 3. The second-order valence-electron chi connectivity index (χ2n) is 35.0. The van der Waals surface area contributed by atoms with Crippen molar-refractivity contribution in [3.63, 3.8) is 0 Å². The number of carbonyl (C=O) groups is 6. The van der Waals surface area contributed by atoms with Crippen molar-refractivity contribution >= 4 is 123 Å². The number of phenols is 3. The Bertz CT molecular complexity index is 5910. The smallest absolute Gasteiger partial charge is 0.265 e. The molecule has 136 heavy (non-hydrogen) atoms. The molecule has 0 aliphatic heterocycles. The zero-order chi connectivity index (χ0) is 97.5. The number of nitrogens with one attached hydrogen (secondary N) is 6. The number of rotatable bonds is 48. The molecular formula is C110H135ClN6O18S. The van der Waals surface area contributed by atoms with E-state index < -0.39 is 34.1 Å². The lowest BCUT2D eigenvalue weighted by Crippen LogP contribution is -2.40. The van der Waals surface area contributed by atoms with Crippen molar-refractivity contribution in [3.8, 4) is 69.0 Å². The van der Waals surface area contributed by atoms with Crippen molar-refractivity contribution in [1.29, 1.82) is 0 Å². The number of halogens is 1. The van der Waals surface area contributed by atoms with Crippen molar-refractivity contribution in [1.82, 2.24) is 0 Å². The summed E-state index contributed by atoms with van der Waals surface area (Å²) in [5.41, 5.74) is 3.57. The second-order valence-corrected chi connectivity index (χ2v) is 37.3. The Morgan fingerprint density at radius 2 is 0.772 bits per heavy atom. The van der Waals surface area contributed by atoms with Crippen LogP contribution in [0.15, 0.2) is 199 Å². The molecular weight excluding hydrogens is 1760 g/mol. The van der Waals surface area contributed by atoms with Gasteiger partial charge >= 0.3 is 0 Å². The molecule has 9 N–H and O–H groups in total. The van der Waals surface area contributed by atoms with Crippen LogP contribution >= 0.6 is 11.6 Å². The van der Waals surface area contributed by atoms with E-state index in [0.29, 0.717) is 63.9 Å². The fourth-order valence-electron chi connectivity index (χ4n) is 16.7. The van der Waals surface area contributed by atoms with Gasteiger partial charge in [0.05, 0.1) is 58.3 Å². The van der Waals surface area contributed by atoms with Crippen LogP contribution in [0.2, 0.25) is 5.02 Å². The Hall–Kier alpha value is -12.7. The predicted octanol–water partition coefficient (Wildman–Crippen LogP) is 27.2. The largest absolute Gasteiger partial charge is 0.506 e. The van der Waals surface area contributed by atoms with E-state index in [1.807, 2.05) is 36.4 Å². The first-order valence-corrected chi connectivity index (χ1v) is 50.3. The van der Waals surface area contributed by atoms with Gasteiger partial charge in [-0.1, -0.05) is 259 Å². The molecule has 726 valence electrons. The maximum Gasteiger partial charge on any atom is 0.265 e. The topological polar surface area (TPSA) is 334 Å². The molecule has 1 aliphatic carbocycles. The summed E-state index contributed by atoms with van der Waals surface area (Å²) < 4.78 is 67.0. The van der Waals surface area contributed by atoms with Gasteiger partial charge in [0.2, 0.25) is 17.7 Å². The van der Waals surface area contributed by atoms with Gasteiger partial charge in [-0.2, -0.15) is 0 Å². The summed E-state index contributed by atoms with van der Waals surface area (Å²) in [6, 6.07) is 56.9. The molecule has 0 bridgehead atoms. The number of sulfone groups is 1. The lowest BCUT2D eigenvalue weighted by atomic mass is 9.84. The third-order valence-electron chi connectivity index (χ3n) is 24.0. The summed E-state index contributed by atoms with van der Waals surface area (Å²) in [5.74, 6) is 1.63. The molecule has 0 spiro atoms. The van der Waals surface area contributed by atoms with E-state index >= 15 is 0 Å². The third-order valence-corrected chi connectivity index (χ3v) is 25.4. The minimum atomic E-state index is -3.48. The van der Waals surface area contributed by atoms with Crippen molar-refractivity contribution in [2.75, 3.05) is 52.4 Å². The quantitative estimate of drug-likeness (QED) is 0.0126. The molecule has 11 aromatic carbocycles. The molecule has 1 aliphatic rings. The number of anilines is 6. The molecule has 1 saturated carbocycles. The Labute approximate surface area is 806 Å². The first kappa shape index (κ1) is 105. The highest BCUT2D eigenvalue weighted by Gasteiger charge is 2.34. The van der Waals surface area contributed by atoms with Gasteiger partial charge in [0.1, 0.15) is 57.5 Å². The number of fused-ring (bicyclic) bond motifs is 3. The van der Waals surface area contributed by atoms with Crippen molar-refractivity contribution in [2.24, 2.45) is 5.92 Å². The van der Waals surface area contributed by atoms with Gasteiger partial charge in [-0.3, -0.25) is 28.8 Å². The maximum absolute atomic E-state index is 14.1. The SMILES string of the molecule is CCCCCCCCCCCCC(Oc1cccc2c(S(C)(=O)=O)cccc12)C(=O)Nc1cc(O)c(NC(C)=O)cc1Cl.CCCCCCCCc1ccc2c(OC(CCCCCCCC)C(=O)Nc3cc(O)c(NC(C)=O)cc3Oc3ccc(OC)cc3)cccc2c1.COc1ccc(Oc2cc(NC(C)=O)c(O)cc2NC(=O)C(Oc2cccc3c(C)cccc23)C2CCCCC2)cc1. The molecule has 0 aromatic heterocycles. The fourth-order valence-corrected chi connectivity index (χ4v) is 17.9. The van der Waals surface area contributed by atoms with Crippen LogP contribution < -0.4 is 65.1 Å². The zero-order valence-electron chi connectivity index (χ0n) is 80.2. The number of unbranched alkanes of at least 4 members (excludes halogenated alkanes) is 19. The van der Waals surface area contributed by atoms with Crippen LogP contribution in [0.4, 0.5) is 34.1 Å². The normalized spacial score (nSPS) is 12.6. The molecule has 0 saturated heterocycles. The van der Waals surface area contributed by atoms with Gasteiger partial charge in [-0.15, -0.1) is 0 Å². The van der Waals surface area contributed by atoms with E-state index in [2.05, 4.69) is 96.0 Å². The van der Waals surface area contributed by atoms with E-state index in [-0.39, 0.29) is 108 Å². The van der Waals surface area contributed by atoms with Gasteiger partial charge in [0.15, 0.2) is 39.6 Å². The number of ether oxygens (including phenoxy) is 7. The van der Waals surface area contributed by atoms with Gasteiger partial charge in [-0.25, -0.2) is 8.42 Å². The molecule has 6 amide bonds. The molecule has 26 heteroatoms. The molecule has 0 heterocycles. The molecule has 24 nitrogen and oxygen atoms in total. The highest BCUT2D eigenvalue weighted by atomic mass is 35.5. The number of methoxy groups -OCH3 is 2. The summed E-state index contributed by atoms with van der Waals surface area (Å²) in [4.78, 5) is 76.9. The number of benzene rings is 11. The minimum Gasteiger partial charge on any atom is -0.506 e. The van der Waals surface area contributed by atoms with E-state index in [9.17, 15) is 52.5 Å². The lowest BCUT2D eigenvalue weighted by molar-refractivity contribution is -0.125. The van der Waals surface area contributed by atoms with Crippen LogP contribution in [0.5, 0.6) is 69.0 Å². The van der Waals surface area contributed by atoms with Crippen LogP contribution in [0.25, 0.3) is 32.3 Å². The Morgan fingerprint density at radius 3 is 1.25 bits per heavy atom. The average molecular weight is 1900 g/mol. The van der Waals surface area contributed by atoms with Crippen LogP contribution in [0.3, 0.4) is 0 Å². The first-order valence-electron chi connectivity index (χ1n) is 48.0. The van der Waals surface area contributed by atoms with Gasteiger partial charge in [0.25, 0.3) is 17.7 Å². The molecule has 11 aromatic rings. The second kappa shape index (κ2) is 54.1. The highest BCUT2D eigenvalue weighted by Crippen LogP contribution is 2.44. The van der Waals surface area contributed by atoms with Crippen molar-refractivity contribution in [2.45, 2.75) is 264 Å². The predicted molar refractivity (Wildman–Crippen MR) is 545 cm³/mol. The Morgan fingerprint density at radius 1 is 0.382 bits per heavy atom. The molecule has 1 fully saturated rings. The molecule has 3 unspecified atom stereocenters. The Kier molecular flexibility index (Phi) is 41.9. The van der Waals surface area contributed by atoms with Crippen molar-refractivity contribution in [3.05, 3.63) is 210 Å². The van der Waals surface area contributed by atoms with Crippen LogP contribution in [-0.2, 0) is 45.0 Å². The molecule has 3 atom stereocenters. The summed E-state index contributed by atoms with van der Waals surface area (Å²) in [6.07, 6.45) is 31.2.